The molecule has 2 N–H and O–H groups in total. The molecule has 0 aromatic heterocycles. The predicted octanol–water partition coefficient (Wildman–Crippen LogP) is 1.40. The zero-order valence-corrected chi connectivity index (χ0v) is 11.1. The van der Waals surface area contributed by atoms with Crippen LogP contribution < -0.4 is 5.73 Å². The van der Waals surface area contributed by atoms with Crippen molar-refractivity contribution in [3.8, 4) is 0 Å². The van der Waals surface area contributed by atoms with Gasteiger partial charge in [-0.3, -0.25) is 14.9 Å². The molecule has 3 rings (SSSR count). The van der Waals surface area contributed by atoms with Gasteiger partial charge >= 0.3 is 0 Å². The lowest BCUT2D eigenvalue weighted by Crippen LogP contribution is -2.33. The highest BCUT2D eigenvalue weighted by Gasteiger charge is 2.43. The zero-order valence-electron chi connectivity index (χ0n) is 11.1. The van der Waals surface area contributed by atoms with Crippen LogP contribution in [0, 0.1) is 22.0 Å². The van der Waals surface area contributed by atoms with Gasteiger partial charge in [-0.05, 0) is 30.7 Å². The summed E-state index contributed by atoms with van der Waals surface area (Å²) in [6.45, 7) is 1.29. The van der Waals surface area contributed by atoms with E-state index in [1.54, 1.807) is 17.0 Å². The van der Waals surface area contributed by atoms with Gasteiger partial charge in [-0.25, -0.2) is 0 Å². The molecular weight excluding hydrogens is 258 g/mol. The van der Waals surface area contributed by atoms with Gasteiger partial charge in [-0.15, -0.1) is 0 Å². The molecule has 106 valence electrons. The van der Waals surface area contributed by atoms with E-state index < -0.39 is 4.92 Å². The van der Waals surface area contributed by atoms with Gasteiger partial charge in [0.05, 0.1) is 4.92 Å². The van der Waals surface area contributed by atoms with Crippen molar-refractivity contribution in [1.29, 1.82) is 0 Å². The second kappa shape index (κ2) is 4.86. The van der Waals surface area contributed by atoms with Crippen LogP contribution in [0.25, 0.3) is 0 Å². The average molecular weight is 275 g/mol. The van der Waals surface area contributed by atoms with Crippen LogP contribution in [0.3, 0.4) is 0 Å². The minimum atomic E-state index is -0.504. The number of nitrogens with zero attached hydrogens (tertiary/aromatic N) is 2. The molecule has 6 nitrogen and oxygen atoms in total. The Labute approximate surface area is 116 Å². The zero-order chi connectivity index (χ0) is 14.3. The number of para-hydroxylation sites is 1. The van der Waals surface area contributed by atoms with Gasteiger partial charge in [-0.1, -0.05) is 12.1 Å². The number of rotatable bonds is 2. The van der Waals surface area contributed by atoms with Gasteiger partial charge < -0.3 is 10.6 Å². The number of fused-ring (bicyclic) bond motifs is 1. The van der Waals surface area contributed by atoms with Gasteiger partial charge in [0.2, 0.25) is 0 Å². The Morgan fingerprint density at radius 3 is 2.75 bits per heavy atom. The standard InChI is InChI=1S/C14H17N3O3/c15-12-6-5-9-7-16(8-11(9)12)14(18)10-3-1-2-4-13(10)17(19)20/h1-4,9,11-12H,5-8,15H2/t9-,11+,12+/m0/s1. The first kappa shape index (κ1) is 13.1. The van der Waals surface area contributed by atoms with Gasteiger partial charge in [0.1, 0.15) is 5.56 Å². The number of hydrogen-bond donors (Lipinski definition) is 1. The lowest BCUT2D eigenvalue weighted by molar-refractivity contribution is -0.385. The summed E-state index contributed by atoms with van der Waals surface area (Å²) in [5, 5.41) is 11.0. The van der Waals surface area contributed by atoms with Gasteiger partial charge in [0, 0.05) is 25.2 Å². The van der Waals surface area contributed by atoms with Gasteiger partial charge in [0.15, 0.2) is 0 Å². The number of carbonyl (C=O) groups is 1. The summed E-state index contributed by atoms with van der Waals surface area (Å²) in [5.41, 5.74) is 6.10. The quantitative estimate of drug-likeness (QED) is 0.652. The van der Waals surface area contributed by atoms with Crippen LogP contribution in [0.4, 0.5) is 5.69 Å². The summed E-state index contributed by atoms with van der Waals surface area (Å²) in [6, 6.07) is 6.28. The fourth-order valence-electron chi connectivity index (χ4n) is 3.46. The van der Waals surface area contributed by atoms with E-state index in [1.165, 1.54) is 12.1 Å². The van der Waals surface area contributed by atoms with Crippen LogP contribution in [0.15, 0.2) is 24.3 Å². The summed E-state index contributed by atoms with van der Waals surface area (Å²) in [5.74, 6) is 0.553. The molecular formula is C14H17N3O3. The number of carbonyl (C=O) groups excluding carboxylic acids is 1. The second-order valence-electron chi connectivity index (χ2n) is 5.65. The molecule has 1 aliphatic heterocycles. The number of nitrogens with two attached hydrogens (primary N) is 1. The van der Waals surface area contributed by atoms with Crippen LogP contribution in [0.2, 0.25) is 0 Å². The topological polar surface area (TPSA) is 89.5 Å². The molecule has 1 heterocycles. The normalized spacial score (nSPS) is 28.4. The molecule has 1 aromatic rings. The van der Waals surface area contributed by atoms with Crippen LogP contribution in [0.1, 0.15) is 23.2 Å². The molecule has 0 unspecified atom stereocenters. The third-order valence-corrected chi connectivity index (χ3v) is 4.53. The number of nitro groups is 1. The summed E-state index contributed by atoms with van der Waals surface area (Å²) < 4.78 is 0. The molecule has 6 heteroatoms. The van der Waals surface area contributed by atoms with Gasteiger partial charge in [0.25, 0.3) is 11.6 Å². The van der Waals surface area contributed by atoms with Crippen molar-refractivity contribution in [2.45, 2.75) is 18.9 Å². The van der Waals surface area contributed by atoms with E-state index in [2.05, 4.69) is 0 Å². The van der Waals surface area contributed by atoms with E-state index in [4.69, 9.17) is 5.73 Å². The highest BCUT2D eigenvalue weighted by molar-refractivity contribution is 5.98. The summed E-state index contributed by atoms with van der Waals surface area (Å²) in [6.07, 6.45) is 2.06. The Morgan fingerprint density at radius 1 is 1.30 bits per heavy atom. The van der Waals surface area contributed by atoms with Crippen molar-refractivity contribution in [2.75, 3.05) is 13.1 Å². The molecule has 1 aliphatic carbocycles. The van der Waals surface area contributed by atoms with Crippen molar-refractivity contribution < 1.29 is 9.72 Å². The maximum atomic E-state index is 12.5. The lowest BCUT2D eigenvalue weighted by atomic mass is 9.98. The Balaban J connectivity index is 1.83. The van der Waals surface area contributed by atoms with Crippen LogP contribution in [0.5, 0.6) is 0 Å². The van der Waals surface area contributed by atoms with Crippen molar-refractivity contribution in [3.05, 3.63) is 39.9 Å². The van der Waals surface area contributed by atoms with E-state index in [1.807, 2.05) is 0 Å². The molecule has 3 atom stereocenters. The van der Waals surface area contributed by atoms with Crippen molar-refractivity contribution in [3.63, 3.8) is 0 Å². The maximum absolute atomic E-state index is 12.5. The third-order valence-electron chi connectivity index (χ3n) is 4.53. The summed E-state index contributed by atoms with van der Waals surface area (Å²) >= 11 is 0. The minimum absolute atomic E-state index is 0.126. The smallest absolute Gasteiger partial charge is 0.282 e. The SMILES string of the molecule is N[C@@H]1CC[C@H]2CN(C(=O)c3ccccc3[N+](=O)[O-])C[C@H]21. The Kier molecular flexibility index (Phi) is 3.17. The minimum Gasteiger partial charge on any atom is -0.338 e. The number of hydrogen-bond acceptors (Lipinski definition) is 4. The Hall–Kier alpha value is -1.95. The van der Waals surface area contributed by atoms with Crippen LogP contribution >= 0.6 is 0 Å². The molecule has 0 radical (unpaired) electrons. The molecule has 1 saturated heterocycles. The lowest BCUT2D eigenvalue weighted by Gasteiger charge is -2.18. The molecule has 2 aliphatic rings. The first-order chi connectivity index (χ1) is 9.58. The predicted molar refractivity (Wildman–Crippen MR) is 73.2 cm³/mol. The highest BCUT2D eigenvalue weighted by atomic mass is 16.6. The molecule has 0 spiro atoms. The van der Waals surface area contributed by atoms with E-state index >= 15 is 0 Å². The van der Waals surface area contributed by atoms with Crippen molar-refractivity contribution in [2.24, 2.45) is 17.6 Å². The van der Waals surface area contributed by atoms with E-state index in [9.17, 15) is 14.9 Å². The molecule has 20 heavy (non-hydrogen) atoms. The first-order valence-corrected chi connectivity index (χ1v) is 6.86. The molecule has 1 amide bonds. The maximum Gasteiger partial charge on any atom is 0.282 e. The molecule has 2 fully saturated rings. The third kappa shape index (κ3) is 2.06. The number of benzene rings is 1. The summed E-state index contributed by atoms with van der Waals surface area (Å²) in [4.78, 5) is 24.7. The fourth-order valence-corrected chi connectivity index (χ4v) is 3.46. The van der Waals surface area contributed by atoms with E-state index in [0.29, 0.717) is 24.9 Å². The molecule has 1 saturated carbocycles. The summed E-state index contributed by atoms with van der Waals surface area (Å²) in [7, 11) is 0. The van der Waals surface area contributed by atoms with E-state index in [-0.39, 0.29) is 23.2 Å². The Morgan fingerprint density at radius 2 is 2.05 bits per heavy atom. The second-order valence-corrected chi connectivity index (χ2v) is 5.65. The highest BCUT2D eigenvalue weighted by Crippen LogP contribution is 2.38. The van der Waals surface area contributed by atoms with Crippen molar-refractivity contribution in [1.82, 2.24) is 4.90 Å². The van der Waals surface area contributed by atoms with Crippen LogP contribution in [-0.2, 0) is 0 Å². The monoisotopic (exact) mass is 275 g/mol. The average Bonchev–Trinajstić information content (AvgIpc) is 3.00. The van der Waals surface area contributed by atoms with E-state index in [0.717, 1.165) is 12.8 Å². The number of likely N-dealkylation sites (tertiary alicyclic amines) is 1. The number of nitro benzene ring substituents is 1. The largest absolute Gasteiger partial charge is 0.338 e. The number of amides is 1. The first-order valence-electron chi connectivity index (χ1n) is 6.86. The van der Waals surface area contributed by atoms with Gasteiger partial charge in [-0.2, -0.15) is 0 Å². The fraction of sp³-hybridized carbons (Fsp3) is 0.500. The molecule has 1 aromatic carbocycles. The van der Waals surface area contributed by atoms with Crippen LogP contribution in [-0.4, -0.2) is 34.9 Å². The van der Waals surface area contributed by atoms with Crippen molar-refractivity contribution >= 4 is 11.6 Å². The molecule has 0 bridgehead atoms. The Bertz CT molecular complexity index is 560.